The van der Waals surface area contributed by atoms with Crippen molar-refractivity contribution < 1.29 is 4.74 Å². The van der Waals surface area contributed by atoms with E-state index in [-0.39, 0.29) is 0 Å². The van der Waals surface area contributed by atoms with Crippen molar-refractivity contribution in [3.05, 3.63) is 71.8 Å². The van der Waals surface area contributed by atoms with E-state index in [0.29, 0.717) is 17.4 Å². The molecular formula is C27H29N9O. The molecular weight excluding hydrogens is 466 g/mol. The van der Waals surface area contributed by atoms with Crippen molar-refractivity contribution in [1.29, 1.82) is 5.26 Å². The SMILES string of the molecule is COc1ccc(CN2CCN(c3ccc(-c4cc(C5CNNC5)cn5ncc(C#N)c45)cn3)CC2)cn1. The van der Waals surface area contributed by atoms with E-state index >= 15 is 0 Å². The maximum Gasteiger partial charge on any atom is 0.212 e. The Morgan fingerprint density at radius 3 is 2.54 bits per heavy atom. The van der Waals surface area contributed by atoms with Crippen LogP contribution in [-0.2, 0) is 6.54 Å². The second kappa shape index (κ2) is 10.1. The van der Waals surface area contributed by atoms with Crippen molar-refractivity contribution in [1.82, 2.24) is 35.3 Å². The summed E-state index contributed by atoms with van der Waals surface area (Å²) >= 11 is 0. The molecule has 6 rings (SSSR count). The number of ether oxygens (including phenoxy) is 1. The Kier molecular flexibility index (Phi) is 6.40. The third-order valence-electron chi connectivity index (χ3n) is 7.21. The van der Waals surface area contributed by atoms with E-state index in [1.807, 2.05) is 29.2 Å². The van der Waals surface area contributed by atoms with E-state index in [0.717, 1.165) is 68.3 Å². The lowest BCUT2D eigenvalue weighted by molar-refractivity contribution is 0.249. The van der Waals surface area contributed by atoms with Gasteiger partial charge in [-0.05, 0) is 29.3 Å². The molecule has 10 heteroatoms. The summed E-state index contributed by atoms with van der Waals surface area (Å²) in [6.07, 6.45) is 7.47. The zero-order valence-corrected chi connectivity index (χ0v) is 20.8. The second-order valence-corrected chi connectivity index (χ2v) is 9.49. The molecule has 0 bridgehead atoms. The fraction of sp³-hybridized carbons (Fsp3) is 0.333. The van der Waals surface area contributed by atoms with E-state index in [4.69, 9.17) is 9.72 Å². The highest BCUT2D eigenvalue weighted by Crippen LogP contribution is 2.31. The van der Waals surface area contributed by atoms with Crippen molar-refractivity contribution in [2.45, 2.75) is 12.5 Å². The first-order valence-corrected chi connectivity index (χ1v) is 12.5. The molecule has 2 N–H and O–H groups in total. The molecule has 2 fully saturated rings. The summed E-state index contributed by atoms with van der Waals surface area (Å²) in [6, 6.07) is 12.6. The number of rotatable bonds is 6. The molecule has 0 atom stereocenters. The Hall–Kier alpha value is -4.04. The van der Waals surface area contributed by atoms with Crippen LogP contribution in [0.15, 0.2) is 55.1 Å². The van der Waals surface area contributed by atoms with Crippen molar-refractivity contribution in [3.8, 4) is 23.1 Å². The molecule has 188 valence electrons. The average Bonchev–Trinajstić information content (AvgIpc) is 3.64. The van der Waals surface area contributed by atoms with Crippen LogP contribution in [0.5, 0.6) is 5.88 Å². The van der Waals surface area contributed by atoms with Crippen LogP contribution in [0.2, 0.25) is 0 Å². The zero-order valence-electron chi connectivity index (χ0n) is 20.8. The van der Waals surface area contributed by atoms with Gasteiger partial charge in [-0.25, -0.2) is 14.5 Å². The summed E-state index contributed by atoms with van der Waals surface area (Å²) in [4.78, 5) is 13.9. The Balaban J connectivity index is 1.18. The molecule has 0 unspecified atom stereocenters. The second-order valence-electron chi connectivity index (χ2n) is 9.49. The maximum atomic E-state index is 9.67. The normalized spacial score (nSPS) is 16.8. The minimum atomic E-state index is 0.343. The average molecular weight is 496 g/mol. The Morgan fingerprint density at radius 2 is 1.86 bits per heavy atom. The lowest BCUT2D eigenvalue weighted by Gasteiger charge is -2.35. The zero-order chi connectivity index (χ0) is 25.2. The number of hydrazine groups is 1. The lowest BCUT2D eigenvalue weighted by Crippen LogP contribution is -2.46. The molecule has 0 aliphatic carbocycles. The number of nitrogens with one attached hydrogen (secondary N) is 2. The number of hydrogen-bond acceptors (Lipinski definition) is 9. The van der Waals surface area contributed by atoms with Crippen molar-refractivity contribution in [2.24, 2.45) is 0 Å². The van der Waals surface area contributed by atoms with Gasteiger partial charge in [0.15, 0.2) is 0 Å². The molecule has 2 aliphatic heterocycles. The summed E-state index contributed by atoms with van der Waals surface area (Å²) in [5.74, 6) is 1.95. The van der Waals surface area contributed by atoms with E-state index in [1.54, 1.807) is 13.3 Å². The lowest BCUT2D eigenvalue weighted by atomic mass is 9.97. The topological polar surface area (TPSA) is 107 Å². The number of methoxy groups -OCH3 is 1. The van der Waals surface area contributed by atoms with Crippen LogP contribution in [0.4, 0.5) is 5.82 Å². The number of hydrogen-bond donors (Lipinski definition) is 2. The Morgan fingerprint density at radius 1 is 1.03 bits per heavy atom. The van der Waals surface area contributed by atoms with E-state index in [2.05, 4.69) is 61.1 Å². The number of aromatic nitrogens is 4. The molecule has 2 aliphatic rings. The predicted molar refractivity (Wildman–Crippen MR) is 140 cm³/mol. The fourth-order valence-corrected chi connectivity index (χ4v) is 5.12. The summed E-state index contributed by atoms with van der Waals surface area (Å²) in [7, 11) is 1.63. The monoisotopic (exact) mass is 495 g/mol. The first kappa shape index (κ1) is 23.4. The van der Waals surface area contributed by atoms with Gasteiger partial charge in [0, 0.05) is 87.5 Å². The van der Waals surface area contributed by atoms with Gasteiger partial charge >= 0.3 is 0 Å². The highest BCUT2D eigenvalue weighted by Gasteiger charge is 2.22. The Labute approximate surface area is 215 Å². The molecule has 2 saturated heterocycles. The molecule has 0 saturated carbocycles. The van der Waals surface area contributed by atoms with Gasteiger partial charge in [0.05, 0.1) is 24.4 Å². The number of fused-ring (bicyclic) bond motifs is 1. The van der Waals surface area contributed by atoms with Gasteiger partial charge in [-0.3, -0.25) is 15.8 Å². The maximum absolute atomic E-state index is 9.67. The third-order valence-corrected chi connectivity index (χ3v) is 7.21. The smallest absolute Gasteiger partial charge is 0.212 e. The summed E-state index contributed by atoms with van der Waals surface area (Å²) < 4.78 is 6.98. The summed E-state index contributed by atoms with van der Waals surface area (Å²) in [6.45, 7) is 6.34. The number of nitriles is 1. The van der Waals surface area contributed by atoms with E-state index in [1.165, 1.54) is 11.1 Å². The largest absolute Gasteiger partial charge is 0.481 e. The molecule has 10 nitrogen and oxygen atoms in total. The van der Waals surface area contributed by atoms with Gasteiger partial charge in [-0.15, -0.1) is 0 Å². The fourth-order valence-electron chi connectivity index (χ4n) is 5.12. The van der Waals surface area contributed by atoms with Crippen LogP contribution >= 0.6 is 0 Å². The predicted octanol–water partition coefficient (Wildman–Crippen LogP) is 2.19. The Bertz CT molecular complexity index is 1410. The molecule has 0 radical (unpaired) electrons. The summed E-state index contributed by atoms with van der Waals surface area (Å²) in [5.41, 5.74) is 12.1. The quantitative estimate of drug-likeness (QED) is 0.416. The highest BCUT2D eigenvalue weighted by atomic mass is 16.5. The van der Waals surface area contributed by atoms with Crippen molar-refractivity contribution in [2.75, 3.05) is 51.3 Å². The van der Waals surface area contributed by atoms with Gasteiger partial charge in [-0.1, -0.05) is 6.07 Å². The van der Waals surface area contributed by atoms with Gasteiger partial charge in [0.25, 0.3) is 0 Å². The minimum Gasteiger partial charge on any atom is -0.481 e. The van der Waals surface area contributed by atoms with Crippen LogP contribution in [-0.4, -0.2) is 70.9 Å². The molecule has 4 aromatic heterocycles. The standard InChI is InChI=1S/C27H29N9O/c1-37-26-5-2-19(12-30-26)17-34-6-8-35(9-7-34)25-4-3-20(13-29-25)24-10-21(23-14-31-32-15-23)18-36-27(24)22(11-28)16-33-36/h2-5,10,12-13,16,18,23,31-32H,6-9,14-15,17H2,1H3. The molecule has 0 aromatic carbocycles. The highest BCUT2D eigenvalue weighted by molar-refractivity contribution is 5.84. The van der Waals surface area contributed by atoms with Gasteiger partial charge in [-0.2, -0.15) is 10.4 Å². The number of piperazine rings is 1. The number of pyridine rings is 3. The molecule has 0 spiro atoms. The van der Waals surface area contributed by atoms with E-state index in [9.17, 15) is 5.26 Å². The molecule has 6 heterocycles. The van der Waals surface area contributed by atoms with E-state index < -0.39 is 0 Å². The first-order valence-electron chi connectivity index (χ1n) is 12.5. The van der Waals surface area contributed by atoms with Crippen molar-refractivity contribution in [3.63, 3.8) is 0 Å². The van der Waals surface area contributed by atoms with Crippen LogP contribution in [0.25, 0.3) is 16.6 Å². The minimum absolute atomic E-state index is 0.343. The van der Waals surface area contributed by atoms with Crippen molar-refractivity contribution >= 4 is 11.3 Å². The molecule has 37 heavy (non-hydrogen) atoms. The van der Waals surface area contributed by atoms with Crippen LogP contribution in [0.3, 0.4) is 0 Å². The van der Waals surface area contributed by atoms with Crippen LogP contribution in [0, 0.1) is 11.3 Å². The van der Waals surface area contributed by atoms with Crippen LogP contribution in [0.1, 0.15) is 22.6 Å². The first-order chi connectivity index (χ1) is 18.2. The third kappa shape index (κ3) is 4.72. The summed E-state index contributed by atoms with van der Waals surface area (Å²) in [5, 5.41) is 14.1. The van der Waals surface area contributed by atoms with Crippen LogP contribution < -0.4 is 20.5 Å². The molecule has 0 amide bonds. The van der Waals surface area contributed by atoms with Gasteiger partial charge in [0.1, 0.15) is 11.9 Å². The number of anilines is 1. The van der Waals surface area contributed by atoms with Gasteiger partial charge < -0.3 is 9.64 Å². The molecule has 4 aromatic rings. The van der Waals surface area contributed by atoms with Gasteiger partial charge in [0.2, 0.25) is 5.88 Å². The number of nitrogens with zero attached hydrogens (tertiary/aromatic N) is 7.